The van der Waals surface area contributed by atoms with Crippen LogP contribution in [0.3, 0.4) is 0 Å². The zero-order valence-corrected chi connectivity index (χ0v) is 12.4. The highest BCUT2D eigenvalue weighted by atomic mass is 35.5. The molecule has 0 spiro atoms. The Morgan fingerprint density at radius 3 is 2.50 bits per heavy atom. The number of nitrogens with zero attached hydrogens (tertiary/aromatic N) is 1. The lowest BCUT2D eigenvalue weighted by Crippen LogP contribution is -2.05. The summed E-state index contributed by atoms with van der Waals surface area (Å²) in [5.74, 6) is 1.12. The molecule has 106 valence electrons. The minimum Gasteiger partial charge on any atom is -0.497 e. The molecule has 0 aliphatic heterocycles. The molecule has 1 aromatic carbocycles. The molecule has 1 N–H and O–H groups in total. The quantitative estimate of drug-likeness (QED) is 0.938. The van der Waals surface area contributed by atoms with Gasteiger partial charge in [-0.25, -0.2) is 0 Å². The fourth-order valence-electron chi connectivity index (χ4n) is 1.82. The largest absolute Gasteiger partial charge is 0.497 e. The van der Waals surface area contributed by atoms with E-state index in [0.717, 1.165) is 0 Å². The highest BCUT2D eigenvalue weighted by molar-refractivity contribution is 6.34. The number of aromatic nitrogens is 1. The van der Waals surface area contributed by atoms with Crippen LogP contribution in [0.1, 0.15) is 17.4 Å². The zero-order chi connectivity index (χ0) is 14.7. The van der Waals surface area contributed by atoms with Gasteiger partial charge in [0.05, 0.1) is 30.0 Å². The maximum absolute atomic E-state index is 10.4. The zero-order valence-electron chi connectivity index (χ0n) is 10.9. The van der Waals surface area contributed by atoms with Gasteiger partial charge in [-0.3, -0.25) is 4.98 Å². The van der Waals surface area contributed by atoms with Gasteiger partial charge < -0.3 is 14.6 Å². The lowest BCUT2D eigenvalue weighted by molar-refractivity contribution is 0.210. The normalized spacial score (nSPS) is 12.1. The molecular formula is C14H13Cl2NO3. The average Bonchev–Trinajstić information content (AvgIpc) is 2.46. The van der Waals surface area contributed by atoms with Crippen molar-refractivity contribution in [1.82, 2.24) is 4.98 Å². The number of rotatable bonds is 4. The molecule has 1 aromatic heterocycles. The van der Waals surface area contributed by atoms with Crippen molar-refractivity contribution in [3.8, 4) is 11.5 Å². The molecule has 0 saturated heterocycles. The van der Waals surface area contributed by atoms with Gasteiger partial charge in [0, 0.05) is 17.8 Å². The molecule has 0 fully saturated rings. The second-order valence-electron chi connectivity index (χ2n) is 4.03. The van der Waals surface area contributed by atoms with E-state index < -0.39 is 6.10 Å². The summed E-state index contributed by atoms with van der Waals surface area (Å²) in [6.45, 7) is 0. The molecule has 0 aliphatic carbocycles. The number of pyridine rings is 1. The standard InChI is InChI=1S/C14H13Cl2NO3/c1-19-9-3-4-10(12(6-9)20-2)14(18)13-11(16)5-8(15)7-17-13/h3-7,14,18H,1-2H3. The van der Waals surface area contributed by atoms with Gasteiger partial charge >= 0.3 is 0 Å². The Hall–Kier alpha value is -1.49. The molecule has 2 rings (SSSR count). The molecular weight excluding hydrogens is 301 g/mol. The second-order valence-corrected chi connectivity index (χ2v) is 4.87. The van der Waals surface area contributed by atoms with E-state index in [1.807, 2.05) is 0 Å². The van der Waals surface area contributed by atoms with Crippen molar-refractivity contribution in [2.24, 2.45) is 0 Å². The highest BCUT2D eigenvalue weighted by Gasteiger charge is 2.20. The average molecular weight is 314 g/mol. The van der Waals surface area contributed by atoms with Gasteiger partial charge in [0.2, 0.25) is 0 Å². The fraction of sp³-hybridized carbons (Fsp3) is 0.214. The number of hydrogen-bond donors (Lipinski definition) is 1. The summed E-state index contributed by atoms with van der Waals surface area (Å²) in [5, 5.41) is 11.1. The summed E-state index contributed by atoms with van der Waals surface area (Å²) in [5.41, 5.74) is 0.865. The van der Waals surface area contributed by atoms with Gasteiger partial charge in [0.25, 0.3) is 0 Å². The molecule has 0 saturated carbocycles. The van der Waals surface area contributed by atoms with Crippen LogP contribution < -0.4 is 9.47 Å². The predicted octanol–water partition coefficient (Wildman–Crippen LogP) is 3.49. The number of benzene rings is 1. The highest BCUT2D eigenvalue weighted by Crippen LogP contribution is 2.35. The van der Waals surface area contributed by atoms with E-state index in [2.05, 4.69) is 4.98 Å². The summed E-state index contributed by atoms with van der Waals surface area (Å²) in [4.78, 5) is 4.07. The second kappa shape index (κ2) is 6.31. The van der Waals surface area contributed by atoms with E-state index in [1.54, 1.807) is 25.3 Å². The van der Waals surface area contributed by atoms with E-state index in [4.69, 9.17) is 32.7 Å². The maximum atomic E-state index is 10.4. The Balaban J connectivity index is 2.44. The van der Waals surface area contributed by atoms with Gasteiger partial charge in [0.15, 0.2) is 0 Å². The van der Waals surface area contributed by atoms with E-state index in [0.29, 0.717) is 32.8 Å². The third-order valence-electron chi connectivity index (χ3n) is 2.83. The summed E-state index contributed by atoms with van der Waals surface area (Å²) >= 11 is 11.9. The van der Waals surface area contributed by atoms with Crippen LogP contribution in [-0.2, 0) is 0 Å². The Bertz CT molecular complexity index is 619. The van der Waals surface area contributed by atoms with Gasteiger partial charge in [0.1, 0.15) is 17.6 Å². The summed E-state index contributed by atoms with van der Waals surface area (Å²) in [6, 6.07) is 6.65. The van der Waals surface area contributed by atoms with Crippen molar-refractivity contribution < 1.29 is 14.6 Å². The van der Waals surface area contributed by atoms with Gasteiger partial charge in [-0.05, 0) is 18.2 Å². The number of halogens is 2. The van der Waals surface area contributed by atoms with Crippen LogP contribution in [0.25, 0.3) is 0 Å². The number of aliphatic hydroxyl groups excluding tert-OH is 1. The molecule has 1 unspecified atom stereocenters. The maximum Gasteiger partial charge on any atom is 0.128 e. The topological polar surface area (TPSA) is 51.6 Å². The van der Waals surface area contributed by atoms with Crippen LogP contribution in [0.15, 0.2) is 30.5 Å². The van der Waals surface area contributed by atoms with Crippen molar-refractivity contribution in [3.63, 3.8) is 0 Å². The first-order chi connectivity index (χ1) is 9.56. The summed E-state index contributed by atoms with van der Waals surface area (Å²) < 4.78 is 10.4. The van der Waals surface area contributed by atoms with E-state index in [1.165, 1.54) is 19.4 Å². The number of methoxy groups -OCH3 is 2. The van der Waals surface area contributed by atoms with Crippen LogP contribution in [0.5, 0.6) is 11.5 Å². The predicted molar refractivity (Wildman–Crippen MR) is 77.9 cm³/mol. The van der Waals surface area contributed by atoms with Crippen molar-refractivity contribution in [3.05, 3.63) is 51.8 Å². The molecule has 2 aromatic rings. The van der Waals surface area contributed by atoms with Crippen molar-refractivity contribution in [2.45, 2.75) is 6.10 Å². The summed E-state index contributed by atoms with van der Waals surface area (Å²) in [7, 11) is 3.07. The van der Waals surface area contributed by atoms with E-state index >= 15 is 0 Å². The van der Waals surface area contributed by atoms with Crippen LogP contribution in [0, 0.1) is 0 Å². The molecule has 0 aliphatic rings. The first kappa shape index (κ1) is 14.9. The van der Waals surface area contributed by atoms with Crippen LogP contribution >= 0.6 is 23.2 Å². The molecule has 4 nitrogen and oxygen atoms in total. The molecule has 1 heterocycles. The third kappa shape index (κ3) is 2.98. The number of hydrogen-bond acceptors (Lipinski definition) is 4. The van der Waals surface area contributed by atoms with Gasteiger partial charge in [-0.15, -0.1) is 0 Å². The molecule has 0 radical (unpaired) electrons. The minimum absolute atomic E-state index is 0.294. The van der Waals surface area contributed by atoms with Crippen LogP contribution in [0.4, 0.5) is 0 Å². The van der Waals surface area contributed by atoms with Crippen LogP contribution in [-0.4, -0.2) is 24.3 Å². The van der Waals surface area contributed by atoms with Crippen LogP contribution in [0.2, 0.25) is 10.0 Å². The van der Waals surface area contributed by atoms with Crippen molar-refractivity contribution >= 4 is 23.2 Å². The first-order valence-corrected chi connectivity index (χ1v) is 6.53. The monoisotopic (exact) mass is 313 g/mol. The molecule has 0 amide bonds. The molecule has 20 heavy (non-hydrogen) atoms. The minimum atomic E-state index is -1.01. The number of ether oxygens (including phenoxy) is 2. The van der Waals surface area contributed by atoms with Gasteiger partial charge in [-0.1, -0.05) is 23.2 Å². The Morgan fingerprint density at radius 1 is 1.15 bits per heavy atom. The molecule has 0 bridgehead atoms. The summed E-state index contributed by atoms with van der Waals surface area (Å²) in [6.07, 6.45) is 0.419. The first-order valence-electron chi connectivity index (χ1n) is 5.77. The number of aliphatic hydroxyl groups is 1. The van der Waals surface area contributed by atoms with E-state index in [-0.39, 0.29) is 0 Å². The van der Waals surface area contributed by atoms with Gasteiger partial charge in [-0.2, -0.15) is 0 Å². The Morgan fingerprint density at radius 2 is 1.90 bits per heavy atom. The Kier molecular flexibility index (Phi) is 4.70. The SMILES string of the molecule is COc1ccc(C(O)c2ncc(Cl)cc2Cl)c(OC)c1. The van der Waals surface area contributed by atoms with Crippen molar-refractivity contribution in [1.29, 1.82) is 0 Å². The molecule has 6 heteroatoms. The molecule has 1 atom stereocenters. The Labute approximate surface area is 126 Å². The third-order valence-corrected chi connectivity index (χ3v) is 3.34. The smallest absolute Gasteiger partial charge is 0.128 e. The lowest BCUT2D eigenvalue weighted by atomic mass is 10.0. The van der Waals surface area contributed by atoms with E-state index in [9.17, 15) is 5.11 Å². The lowest BCUT2D eigenvalue weighted by Gasteiger charge is -2.16. The fourth-order valence-corrected chi connectivity index (χ4v) is 2.30. The van der Waals surface area contributed by atoms with Crippen molar-refractivity contribution in [2.75, 3.05) is 14.2 Å².